The summed E-state index contributed by atoms with van der Waals surface area (Å²) in [4.78, 5) is 24.1. The van der Waals surface area contributed by atoms with Crippen LogP contribution < -0.4 is 16.0 Å². The molecule has 2 aromatic carbocycles. The van der Waals surface area contributed by atoms with Crippen molar-refractivity contribution in [2.45, 2.75) is 25.4 Å². The number of halogens is 1. The molecule has 3 rings (SSSR count). The molecule has 1 aliphatic rings. The zero-order valence-corrected chi connectivity index (χ0v) is 13.7. The average molecular weight is 341 g/mol. The number of hydrogen-bond donors (Lipinski definition) is 3. The van der Waals surface area contributed by atoms with E-state index in [4.69, 9.17) is 0 Å². The lowest BCUT2D eigenvalue weighted by molar-refractivity contribution is -0.124. The summed E-state index contributed by atoms with van der Waals surface area (Å²) >= 11 is 0. The second-order valence-electron chi connectivity index (χ2n) is 6.02. The van der Waals surface area contributed by atoms with Crippen molar-refractivity contribution in [2.75, 3.05) is 11.9 Å². The molecule has 0 saturated carbocycles. The molecule has 130 valence electrons. The zero-order valence-electron chi connectivity index (χ0n) is 13.7. The van der Waals surface area contributed by atoms with Crippen molar-refractivity contribution in [1.29, 1.82) is 0 Å². The molecule has 5 nitrogen and oxygen atoms in total. The van der Waals surface area contributed by atoms with Crippen LogP contribution in [0.5, 0.6) is 0 Å². The van der Waals surface area contributed by atoms with E-state index in [1.165, 1.54) is 12.1 Å². The third kappa shape index (κ3) is 4.56. The molecule has 0 aromatic heterocycles. The van der Waals surface area contributed by atoms with Gasteiger partial charge in [-0.1, -0.05) is 18.2 Å². The van der Waals surface area contributed by atoms with Crippen LogP contribution in [0.15, 0.2) is 48.5 Å². The molecule has 0 spiro atoms. The lowest BCUT2D eigenvalue weighted by Gasteiger charge is -2.22. The van der Waals surface area contributed by atoms with Gasteiger partial charge in [-0.2, -0.15) is 0 Å². The largest absolute Gasteiger partial charge is 0.381 e. The minimum absolute atomic E-state index is 0.134. The highest BCUT2D eigenvalue weighted by Gasteiger charge is 2.23. The summed E-state index contributed by atoms with van der Waals surface area (Å²) in [6.45, 7) is 1.18. The van der Waals surface area contributed by atoms with Crippen LogP contribution in [0.1, 0.15) is 28.8 Å². The lowest BCUT2D eigenvalue weighted by atomic mass is 10.1. The molecule has 1 heterocycles. The Morgan fingerprint density at radius 2 is 2.00 bits per heavy atom. The standard InChI is InChI=1S/C19H20FN3O2/c20-15-8-6-13(7-9-15)12-22-16-4-1-3-14(11-16)18(24)23-17-5-2-10-21-19(17)25/h1,3-4,6-9,11,17,22H,2,5,10,12H2,(H,21,25)(H,23,24). The molecular weight excluding hydrogens is 321 g/mol. The molecule has 6 heteroatoms. The van der Waals surface area contributed by atoms with Gasteiger partial charge in [0.05, 0.1) is 0 Å². The number of amides is 2. The van der Waals surface area contributed by atoms with Gasteiger partial charge in [-0.3, -0.25) is 9.59 Å². The maximum atomic E-state index is 12.9. The second-order valence-corrected chi connectivity index (χ2v) is 6.02. The number of carbonyl (C=O) groups is 2. The van der Waals surface area contributed by atoms with Crippen LogP contribution in [0, 0.1) is 5.82 Å². The van der Waals surface area contributed by atoms with Crippen LogP contribution >= 0.6 is 0 Å². The fraction of sp³-hybridized carbons (Fsp3) is 0.263. The van der Waals surface area contributed by atoms with Crippen molar-refractivity contribution in [3.8, 4) is 0 Å². The molecule has 2 aromatic rings. The second kappa shape index (κ2) is 7.79. The number of carbonyl (C=O) groups excluding carboxylic acids is 2. The summed E-state index contributed by atoms with van der Waals surface area (Å²) in [5, 5.41) is 8.73. The van der Waals surface area contributed by atoms with Crippen molar-refractivity contribution >= 4 is 17.5 Å². The van der Waals surface area contributed by atoms with Crippen LogP contribution in [0.4, 0.5) is 10.1 Å². The van der Waals surface area contributed by atoms with Gasteiger partial charge in [0.25, 0.3) is 5.91 Å². The van der Waals surface area contributed by atoms with Gasteiger partial charge in [-0.15, -0.1) is 0 Å². The van der Waals surface area contributed by atoms with E-state index < -0.39 is 6.04 Å². The predicted octanol–water partition coefficient (Wildman–Crippen LogP) is 2.45. The molecule has 25 heavy (non-hydrogen) atoms. The molecule has 3 N–H and O–H groups in total. The van der Waals surface area contributed by atoms with Crippen LogP contribution in [0.2, 0.25) is 0 Å². The highest BCUT2D eigenvalue weighted by atomic mass is 19.1. The summed E-state index contributed by atoms with van der Waals surface area (Å²) in [6, 6.07) is 12.8. The fourth-order valence-corrected chi connectivity index (χ4v) is 2.73. The fourth-order valence-electron chi connectivity index (χ4n) is 2.73. The molecule has 2 amide bonds. The van der Waals surface area contributed by atoms with Crippen molar-refractivity contribution in [3.63, 3.8) is 0 Å². The van der Waals surface area contributed by atoms with Crippen molar-refractivity contribution in [1.82, 2.24) is 10.6 Å². The van der Waals surface area contributed by atoms with E-state index in [0.717, 1.165) is 17.7 Å². The Bertz CT molecular complexity index is 762. The molecule has 0 radical (unpaired) electrons. The Morgan fingerprint density at radius 3 is 2.76 bits per heavy atom. The van der Waals surface area contributed by atoms with E-state index in [0.29, 0.717) is 25.1 Å². The van der Waals surface area contributed by atoms with E-state index in [2.05, 4.69) is 16.0 Å². The third-order valence-electron chi connectivity index (χ3n) is 4.13. The predicted molar refractivity (Wildman–Crippen MR) is 93.7 cm³/mol. The molecule has 1 aliphatic heterocycles. The summed E-state index contributed by atoms with van der Waals surface area (Å²) in [5.74, 6) is -0.674. The average Bonchev–Trinajstić information content (AvgIpc) is 2.63. The quantitative estimate of drug-likeness (QED) is 0.782. The van der Waals surface area contributed by atoms with E-state index in [1.807, 2.05) is 6.07 Å². The van der Waals surface area contributed by atoms with Gasteiger partial charge in [-0.05, 0) is 48.7 Å². The summed E-state index contributed by atoms with van der Waals surface area (Å²) in [5.41, 5.74) is 2.21. The van der Waals surface area contributed by atoms with Gasteiger partial charge < -0.3 is 16.0 Å². The smallest absolute Gasteiger partial charge is 0.252 e. The number of anilines is 1. The number of hydrogen-bond acceptors (Lipinski definition) is 3. The number of rotatable bonds is 5. The Balaban J connectivity index is 1.61. The Kier molecular flexibility index (Phi) is 5.28. The van der Waals surface area contributed by atoms with E-state index in [1.54, 1.807) is 30.3 Å². The molecule has 0 aliphatic carbocycles. The number of benzene rings is 2. The van der Waals surface area contributed by atoms with E-state index >= 15 is 0 Å². The highest BCUT2D eigenvalue weighted by Crippen LogP contribution is 2.14. The van der Waals surface area contributed by atoms with Crippen molar-refractivity contribution < 1.29 is 14.0 Å². The van der Waals surface area contributed by atoms with Crippen LogP contribution in [0.25, 0.3) is 0 Å². The molecule has 0 bridgehead atoms. The number of nitrogens with one attached hydrogen (secondary N) is 3. The van der Waals surface area contributed by atoms with Crippen LogP contribution in [0.3, 0.4) is 0 Å². The SMILES string of the molecule is O=C(NC1CCCNC1=O)c1cccc(NCc2ccc(F)cc2)c1. The zero-order chi connectivity index (χ0) is 17.6. The van der Waals surface area contributed by atoms with Gasteiger partial charge in [0.1, 0.15) is 11.9 Å². The van der Waals surface area contributed by atoms with Crippen LogP contribution in [-0.4, -0.2) is 24.4 Å². The first-order valence-electron chi connectivity index (χ1n) is 8.29. The third-order valence-corrected chi connectivity index (χ3v) is 4.13. The maximum absolute atomic E-state index is 12.9. The molecular formula is C19H20FN3O2. The monoisotopic (exact) mass is 341 g/mol. The van der Waals surface area contributed by atoms with Gasteiger partial charge in [0.2, 0.25) is 5.91 Å². The van der Waals surface area contributed by atoms with E-state index in [-0.39, 0.29) is 17.6 Å². The van der Waals surface area contributed by atoms with Gasteiger partial charge >= 0.3 is 0 Å². The normalized spacial score (nSPS) is 16.8. The topological polar surface area (TPSA) is 70.2 Å². The van der Waals surface area contributed by atoms with Gasteiger partial charge in [0.15, 0.2) is 0 Å². The summed E-state index contributed by atoms with van der Waals surface area (Å²) < 4.78 is 12.9. The first-order chi connectivity index (χ1) is 12.1. The van der Waals surface area contributed by atoms with Gasteiger partial charge in [0, 0.05) is 24.3 Å². The Labute approximate surface area is 145 Å². The first-order valence-corrected chi connectivity index (χ1v) is 8.29. The Morgan fingerprint density at radius 1 is 1.20 bits per heavy atom. The molecule has 1 atom stereocenters. The summed E-state index contributed by atoms with van der Waals surface area (Å²) in [7, 11) is 0. The maximum Gasteiger partial charge on any atom is 0.252 e. The van der Waals surface area contributed by atoms with Crippen molar-refractivity contribution in [3.05, 3.63) is 65.5 Å². The first kappa shape index (κ1) is 17.0. The minimum atomic E-state index is -0.475. The molecule has 1 fully saturated rings. The number of piperidine rings is 1. The van der Waals surface area contributed by atoms with Crippen LogP contribution in [-0.2, 0) is 11.3 Å². The van der Waals surface area contributed by atoms with Crippen molar-refractivity contribution in [2.24, 2.45) is 0 Å². The van der Waals surface area contributed by atoms with E-state index in [9.17, 15) is 14.0 Å². The lowest BCUT2D eigenvalue weighted by Crippen LogP contribution is -2.50. The van der Waals surface area contributed by atoms with Gasteiger partial charge in [-0.25, -0.2) is 4.39 Å². The Hall–Kier alpha value is -2.89. The minimum Gasteiger partial charge on any atom is -0.381 e. The summed E-state index contributed by atoms with van der Waals surface area (Å²) in [6.07, 6.45) is 1.51. The highest BCUT2D eigenvalue weighted by molar-refractivity contribution is 5.98. The molecule has 1 unspecified atom stereocenters. The molecule has 1 saturated heterocycles.